The van der Waals surface area contributed by atoms with Gasteiger partial charge in [-0.05, 0) is 17.7 Å². The van der Waals surface area contributed by atoms with Crippen molar-refractivity contribution in [1.82, 2.24) is 10.6 Å². The summed E-state index contributed by atoms with van der Waals surface area (Å²) in [5.41, 5.74) is 4.81. The van der Waals surface area contributed by atoms with Gasteiger partial charge >= 0.3 is 6.18 Å². The van der Waals surface area contributed by atoms with Gasteiger partial charge < -0.3 is 16.4 Å². The van der Waals surface area contributed by atoms with E-state index in [-0.39, 0.29) is 32.0 Å². The van der Waals surface area contributed by atoms with E-state index in [1.807, 2.05) is 0 Å². The summed E-state index contributed by atoms with van der Waals surface area (Å²) >= 11 is 0. The molecule has 1 rings (SSSR count). The van der Waals surface area contributed by atoms with Gasteiger partial charge in [0, 0.05) is 6.54 Å². The van der Waals surface area contributed by atoms with Gasteiger partial charge in [-0.3, -0.25) is 9.59 Å². The van der Waals surface area contributed by atoms with Gasteiger partial charge in [-0.25, -0.2) is 0 Å². The van der Waals surface area contributed by atoms with Crippen LogP contribution in [0.25, 0.3) is 0 Å². The maximum atomic E-state index is 12.3. The van der Waals surface area contributed by atoms with Gasteiger partial charge in [0.2, 0.25) is 11.8 Å². The molecule has 0 saturated carbocycles. The first kappa shape index (κ1) is 19.2. The molecule has 0 bridgehead atoms. The van der Waals surface area contributed by atoms with E-state index in [1.165, 1.54) is 12.1 Å². The molecule has 0 aliphatic rings. The Hall–Kier alpha value is -1.80. The normalized spacial score (nSPS) is 10.5. The lowest BCUT2D eigenvalue weighted by Crippen LogP contribution is -2.39. The average molecular weight is 326 g/mol. The van der Waals surface area contributed by atoms with Gasteiger partial charge in [0.05, 0.1) is 18.7 Å². The molecule has 0 spiro atoms. The van der Waals surface area contributed by atoms with Crippen molar-refractivity contribution in [3.63, 3.8) is 0 Å². The van der Waals surface area contributed by atoms with Crippen LogP contribution in [-0.4, -0.2) is 24.9 Å². The molecule has 0 heterocycles. The third-order valence-corrected chi connectivity index (χ3v) is 2.40. The molecular weight excluding hydrogens is 311 g/mol. The summed E-state index contributed by atoms with van der Waals surface area (Å²) < 4.78 is 37.0. The van der Waals surface area contributed by atoms with E-state index in [9.17, 15) is 22.8 Å². The van der Waals surface area contributed by atoms with Crippen molar-refractivity contribution in [3.05, 3.63) is 35.4 Å². The van der Waals surface area contributed by atoms with Crippen LogP contribution in [0.2, 0.25) is 0 Å². The highest BCUT2D eigenvalue weighted by Gasteiger charge is 2.29. The molecule has 21 heavy (non-hydrogen) atoms. The minimum absolute atomic E-state index is 0. The van der Waals surface area contributed by atoms with E-state index in [4.69, 9.17) is 5.73 Å². The molecule has 0 unspecified atom stereocenters. The number of halogens is 4. The number of nitrogens with one attached hydrogen (secondary N) is 2. The molecule has 118 valence electrons. The summed E-state index contributed by atoms with van der Waals surface area (Å²) in [6.45, 7) is -0.363. The largest absolute Gasteiger partial charge is 0.416 e. The van der Waals surface area contributed by atoms with Crippen LogP contribution in [0.3, 0.4) is 0 Å². The van der Waals surface area contributed by atoms with E-state index >= 15 is 0 Å². The lowest BCUT2D eigenvalue weighted by Gasteiger charge is -2.09. The zero-order valence-electron chi connectivity index (χ0n) is 10.9. The molecule has 0 aliphatic heterocycles. The Bertz CT molecular complexity index is 478. The van der Waals surface area contributed by atoms with Crippen molar-refractivity contribution < 1.29 is 22.8 Å². The molecule has 0 fully saturated rings. The fourth-order valence-corrected chi connectivity index (χ4v) is 1.33. The van der Waals surface area contributed by atoms with Crippen molar-refractivity contribution in [3.8, 4) is 0 Å². The molecular formula is C12H15ClF3N3O2. The summed E-state index contributed by atoms with van der Waals surface area (Å²) in [7, 11) is 0. The van der Waals surface area contributed by atoms with E-state index in [1.54, 1.807) is 0 Å². The number of nitrogens with two attached hydrogens (primary N) is 1. The fourth-order valence-electron chi connectivity index (χ4n) is 1.33. The maximum Gasteiger partial charge on any atom is 0.416 e. The van der Waals surface area contributed by atoms with E-state index < -0.39 is 23.6 Å². The molecule has 2 amide bonds. The minimum atomic E-state index is -4.38. The number of hydrogen-bond donors (Lipinski definition) is 3. The van der Waals surface area contributed by atoms with Crippen molar-refractivity contribution >= 4 is 24.2 Å². The lowest BCUT2D eigenvalue weighted by molar-refractivity contribution is -0.137. The first-order chi connectivity index (χ1) is 9.32. The second-order valence-corrected chi connectivity index (χ2v) is 3.95. The molecule has 0 radical (unpaired) electrons. The van der Waals surface area contributed by atoms with Crippen LogP contribution in [0.15, 0.2) is 24.3 Å². The monoisotopic (exact) mass is 325 g/mol. The molecule has 1 aromatic carbocycles. The Labute approximate surface area is 125 Å². The van der Waals surface area contributed by atoms with Gasteiger partial charge in [-0.2, -0.15) is 13.2 Å². The predicted octanol–water partition coefficient (Wildman–Crippen LogP) is 0.818. The molecule has 5 nitrogen and oxygen atoms in total. The molecule has 0 aliphatic carbocycles. The predicted molar refractivity (Wildman–Crippen MR) is 72.6 cm³/mol. The van der Waals surface area contributed by atoms with Crippen LogP contribution in [0.1, 0.15) is 11.1 Å². The van der Waals surface area contributed by atoms with Gasteiger partial charge in [0.25, 0.3) is 0 Å². The molecule has 0 aromatic heterocycles. The standard InChI is InChI=1S/C12H14F3N3O2.ClH/c13-12(14,15)9-3-1-8(2-4-9)6-17-11(20)7-18-10(19)5-16;/h1-4H,5-7,16H2,(H,17,20)(H,18,19);1H. The summed E-state index contributed by atoms with van der Waals surface area (Å²) in [6.07, 6.45) is -4.38. The van der Waals surface area contributed by atoms with E-state index in [0.717, 1.165) is 12.1 Å². The van der Waals surface area contributed by atoms with Crippen LogP contribution in [0.5, 0.6) is 0 Å². The number of hydrogen-bond acceptors (Lipinski definition) is 3. The topological polar surface area (TPSA) is 84.2 Å². The van der Waals surface area contributed by atoms with Gasteiger partial charge in [0.15, 0.2) is 0 Å². The third-order valence-electron chi connectivity index (χ3n) is 2.40. The van der Waals surface area contributed by atoms with Crippen molar-refractivity contribution in [2.75, 3.05) is 13.1 Å². The number of carbonyl (C=O) groups excluding carboxylic acids is 2. The summed E-state index contributed by atoms with van der Waals surface area (Å²) in [5.74, 6) is -0.915. The Morgan fingerprint density at radius 2 is 1.62 bits per heavy atom. The van der Waals surface area contributed by atoms with Crippen LogP contribution >= 0.6 is 12.4 Å². The maximum absolute atomic E-state index is 12.3. The first-order valence-electron chi connectivity index (χ1n) is 5.72. The molecule has 4 N–H and O–H groups in total. The Morgan fingerprint density at radius 3 is 2.10 bits per heavy atom. The number of alkyl halides is 3. The number of benzene rings is 1. The van der Waals surface area contributed by atoms with Gasteiger partial charge in [-0.1, -0.05) is 12.1 Å². The highest BCUT2D eigenvalue weighted by Crippen LogP contribution is 2.28. The quantitative estimate of drug-likeness (QED) is 0.749. The van der Waals surface area contributed by atoms with Crippen LogP contribution < -0.4 is 16.4 Å². The van der Waals surface area contributed by atoms with Crippen molar-refractivity contribution in [2.45, 2.75) is 12.7 Å². The zero-order valence-corrected chi connectivity index (χ0v) is 11.7. The Kier molecular flexibility index (Phi) is 7.75. The zero-order chi connectivity index (χ0) is 15.2. The van der Waals surface area contributed by atoms with Crippen molar-refractivity contribution in [1.29, 1.82) is 0 Å². The molecule has 0 saturated heterocycles. The summed E-state index contributed by atoms with van der Waals surface area (Å²) in [5, 5.41) is 4.73. The second kappa shape index (κ2) is 8.48. The SMILES string of the molecule is Cl.NCC(=O)NCC(=O)NCc1ccc(C(F)(F)F)cc1. The number of amides is 2. The molecule has 0 atom stereocenters. The number of carbonyl (C=O) groups is 2. The van der Waals surface area contributed by atoms with Crippen molar-refractivity contribution in [2.24, 2.45) is 5.73 Å². The fraction of sp³-hybridized carbons (Fsp3) is 0.333. The molecule has 1 aromatic rings. The van der Waals surface area contributed by atoms with Crippen LogP contribution in [0.4, 0.5) is 13.2 Å². The number of rotatable bonds is 5. The minimum Gasteiger partial charge on any atom is -0.350 e. The van der Waals surface area contributed by atoms with Gasteiger partial charge in [-0.15, -0.1) is 12.4 Å². The Balaban J connectivity index is 0.00000400. The van der Waals surface area contributed by atoms with Crippen LogP contribution in [-0.2, 0) is 22.3 Å². The first-order valence-corrected chi connectivity index (χ1v) is 5.72. The summed E-state index contributed by atoms with van der Waals surface area (Å²) in [6, 6.07) is 4.44. The average Bonchev–Trinajstić information content (AvgIpc) is 2.41. The Morgan fingerprint density at radius 1 is 1.05 bits per heavy atom. The highest BCUT2D eigenvalue weighted by atomic mass is 35.5. The lowest BCUT2D eigenvalue weighted by atomic mass is 10.1. The van der Waals surface area contributed by atoms with E-state index in [0.29, 0.717) is 5.56 Å². The van der Waals surface area contributed by atoms with Crippen LogP contribution in [0, 0.1) is 0 Å². The van der Waals surface area contributed by atoms with Gasteiger partial charge in [0.1, 0.15) is 0 Å². The smallest absolute Gasteiger partial charge is 0.350 e. The third kappa shape index (κ3) is 6.96. The summed E-state index contributed by atoms with van der Waals surface area (Å²) in [4.78, 5) is 22.1. The molecule has 9 heteroatoms. The second-order valence-electron chi connectivity index (χ2n) is 3.95. The highest BCUT2D eigenvalue weighted by molar-refractivity contribution is 5.85. The van der Waals surface area contributed by atoms with E-state index in [2.05, 4.69) is 10.6 Å².